The zero-order valence-electron chi connectivity index (χ0n) is 16.8. The van der Waals surface area contributed by atoms with Gasteiger partial charge in [-0.2, -0.15) is 0 Å². The number of hydrogen-bond acceptors (Lipinski definition) is 11. The Labute approximate surface area is 176 Å². The predicted molar refractivity (Wildman–Crippen MR) is 107 cm³/mol. The fourth-order valence-electron chi connectivity index (χ4n) is 3.51. The summed E-state index contributed by atoms with van der Waals surface area (Å²) < 4.78 is 17.5. The van der Waals surface area contributed by atoms with Crippen molar-refractivity contribution >= 4 is 17.0 Å². The molecule has 3 heterocycles. The lowest BCUT2D eigenvalue weighted by Crippen LogP contribution is -2.33. The van der Waals surface area contributed by atoms with Crippen LogP contribution in [0.1, 0.15) is 11.8 Å². The molecule has 5 N–H and O–H groups in total. The summed E-state index contributed by atoms with van der Waals surface area (Å²) in [5.41, 5.74) is 1.32. The first-order valence-electron chi connectivity index (χ1n) is 9.46. The first-order chi connectivity index (χ1) is 15.0. The van der Waals surface area contributed by atoms with Gasteiger partial charge >= 0.3 is 0 Å². The van der Waals surface area contributed by atoms with Crippen LogP contribution in [0.4, 0.5) is 5.82 Å². The van der Waals surface area contributed by atoms with Crippen molar-refractivity contribution in [1.82, 2.24) is 19.5 Å². The summed E-state index contributed by atoms with van der Waals surface area (Å²) in [5.74, 6) is 1.29. The van der Waals surface area contributed by atoms with Crippen molar-refractivity contribution in [3.8, 4) is 17.2 Å². The molecule has 1 aliphatic heterocycles. The molecule has 0 bridgehead atoms. The number of aromatic hydroxyl groups is 1. The molecule has 4 atom stereocenters. The molecule has 1 fully saturated rings. The number of methoxy groups -OCH3 is 2. The highest BCUT2D eigenvalue weighted by molar-refractivity contribution is 5.82. The van der Waals surface area contributed by atoms with Crippen LogP contribution in [0.15, 0.2) is 24.8 Å². The molecule has 0 radical (unpaired) electrons. The Morgan fingerprint density at radius 3 is 2.52 bits per heavy atom. The van der Waals surface area contributed by atoms with Gasteiger partial charge in [0, 0.05) is 18.2 Å². The average Bonchev–Trinajstić information content (AvgIpc) is 3.33. The first kappa shape index (κ1) is 21.1. The van der Waals surface area contributed by atoms with Gasteiger partial charge in [-0.25, -0.2) is 15.0 Å². The minimum absolute atomic E-state index is 0.0208. The number of benzene rings is 1. The van der Waals surface area contributed by atoms with E-state index in [-0.39, 0.29) is 12.3 Å². The number of rotatable bonds is 7. The van der Waals surface area contributed by atoms with E-state index in [1.165, 1.54) is 37.5 Å². The molecule has 0 spiro atoms. The third-order valence-electron chi connectivity index (χ3n) is 5.18. The number of aromatic nitrogens is 4. The Morgan fingerprint density at radius 2 is 1.84 bits per heavy atom. The van der Waals surface area contributed by atoms with Crippen molar-refractivity contribution in [3.63, 3.8) is 0 Å². The maximum absolute atomic E-state index is 10.3. The molecule has 166 valence electrons. The summed E-state index contributed by atoms with van der Waals surface area (Å²) in [6, 6.07) is 3.11. The lowest BCUT2D eigenvalue weighted by atomic mass is 10.1. The topological polar surface area (TPSA) is 164 Å². The van der Waals surface area contributed by atoms with Crippen LogP contribution in [0.5, 0.6) is 17.2 Å². The van der Waals surface area contributed by atoms with E-state index >= 15 is 0 Å². The normalized spacial score (nSPS) is 23.3. The summed E-state index contributed by atoms with van der Waals surface area (Å²) in [5, 5.41) is 43.0. The second kappa shape index (κ2) is 8.51. The molecule has 12 heteroatoms. The SMILES string of the molecule is COc1cc(O)c(CNc2ncnc3c2ncn3C2O[C@H](CO)[C@@H](O)[C@H]2O)cc1OC. The van der Waals surface area contributed by atoms with Gasteiger partial charge in [0.15, 0.2) is 34.7 Å². The van der Waals surface area contributed by atoms with Crippen molar-refractivity contribution in [2.75, 3.05) is 26.1 Å². The molecule has 1 saturated heterocycles. The number of anilines is 1. The van der Waals surface area contributed by atoms with Crippen LogP contribution in [0.25, 0.3) is 11.2 Å². The number of imidazole rings is 1. The largest absolute Gasteiger partial charge is 0.507 e. The van der Waals surface area contributed by atoms with Crippen LogP contribution in [0.3, 0.4) is 0 Å². The Morgan fingerprint density at radius 1 is 1.10 bits per heavy atom. The minimum atomic E-state index is -1.26. The van der Waals surface area contributed by atoms with Crippen molar-refractivity contribution < 1.29 is 34.6 Å². The Hall–Kier alpha value is -3.19. The van der Waals surface area contributed by atoms with E-state index in [0.29, 0.717) is 34.0 Å². The number of phenolic OH excluding ortho intramolecular Hbond substituents is 1. The van der Waals surface area contributed by atoms with Crippen LogP contribution in [-0.4, -0.2) is 79.1 Å². The molecular weight excluding hydrogens is 410 g/mol. The van der Waals surface area contributed by atoms with Crippen LogP contribution < -0.4 is 14.8 Å². The van der Waals surface area contributed by atoms with Gasteiger partial charge in [0.25, 0.3) is 0 Å². The highest BCUT2D eigenvalue weighted by atomic mass is 16.6. The van der Waals surface area contributed by atoms with E-state index in [9.17, 15) is 20.4 Å². The monoisotopic (exact) mass is 433 g/mol. The van der Waals surface area contributed by atoms with E-state index in [2.05, 4.69) is 20.3 Å². The third kappa shape index (κ3) is 3.70. The molecule has 4 rings (SSSR count). The summed E-state index contributed by atoms with van der Waals surface area (Å²) in [7, 11) is 2.99. The van der Waals surface area contributed by atoms with E-state index < -0.39 is 31.1 Å². The smallest absolute Gasteiger partial charge is 0.167 e. The van der Waals surface area contributed by atoms with Gasteiger partial charge in [-0.3, -0.25) is 4.57 Å². The number of hydrogen-bond donors (Lipinski definition) is 5. The lowest BCUT2D eigenvalue weighted by molar-refractivity contribution is -0.0511. The third-order valence-corrected chi connectivity index (χ3v) is 5.18. The van der Waals surface area contributed by atoms with Gasteiger partial charge in [0.1, 0.15) is 30.4 Å². The molecule has 0 amide bonds. The Bertz CT molecular complexity index is 1080. The summed E-state index contributed by atoms with van der Waals surface area (Å²) >= 11 is 0. The van der Waals surface area contributed by atoms with Crippen LogP contribution >= 0.6 is 0 Å². The molecule has 2 aromatic heterocycles. The number of fused-ring (bicyclic) bond motifs is 1. The number of aliphatic hydroxyl groups excluding tert-OH is 3. The molecular formula is C19H23N5O7. The molecule has 12 nitrogen and oxygen atoms in total. The van der Waals surface area contributed by atoms with E-state index in [1.807, 2.05) is 0 Å². The standard InChI is InChI=1S/C19H23N5O7/c1-29-11-3-9(10(26)4-12(11)30-2)5-20-17-14-18(22-7-21-17)24(8-23-14)19-16(28)15(27)13(6-25)31-19/h3-4,7-8,13,15-16,19,25-28H,5-6H2,1-2H3,(H,20,21,22)/t13-,15-,16-,19?/m1/s1. The number of nitrogens with one attached hydrogen (secondary N) is 1. The quantitative estimate of drug-likeness (QED) is 0.334. The first-order valence-corrected chi connectivity index (χ1v) is 9.46. The second-order valence-electron chi connectivity index (χ2n) is 6.96. The molecule has 1 unspecified atom stereocenters. The maximum Gasteiger partial charge on any atom is 0.167 e. The zero-order valence-corrected chi connectivity index (χ0v) is 16.8. The van der Waals surface area contributed by atoms with Crippen molar-refractivity contribution in [3.05, 3.63) is 30.4 Å². The minimum Gasteiger partial charge on any atom is -0.507 e. The van der Waals surface area contributed by atoms with Gasteiger partial charge in [0.2, 0.25) is 0 Å². The van der Waals surface area contributed by atoms with Crippen molar-refractivity contribution in [1.29, 1.82) is 0 Å². The van der Waals surface area contributed by atoms with Gasteiger partial charge in [0.05, 0.1) is 27.2 Å². The highest BCUT2D eigenvalue weighted by Gasteiger charge is 2.44. The van der Waals surface area contributed by atoms with Gasteiger partial charge in [-0.05, 0) is 6.07 Å². The van der Waals surface area contributed by atoms with E-state index in [4.69, 9.17) is 14.2 Å². The highest BCUT2D eigenvalue weighted by Crippen LogP contribution is 2.35. The molecule has 1 aliphatic rings. The number of phenols is 1. The summed E-state index contributed by atoms with van der Waals surface area (Å²) in [4.78, 5) is 12.7. The van der Waals surface area contributed by atoms with Gasteiger partial charge < -0.3 is 40.0 Å². The average molecular weight is 433 g/mol. The predicted octanol–water partition coefficient (Wildman–Crippen LogP) is -0.227. The molecule has 0 aliphatic carbocycles. The Kier molecular flexibility index (Phi) is 5.78. The maximum atomic E-state index is 10.3. The molecule has 0 saturated carbocycles. The zero-order chi connectivity index (χ0) is 22.1. The lowest BCUT2D eigenvalue weighted by Gasteiger charge is -2.16. The van der Waals surface area contributed by atoms with Crippen molar-refractivity contribution in [2.45, 2.75) is 31.1 Å². The molecule has 1 aromatic carbocycles. The summed E-state index contributed by atoms with van der Waals surface area (Å²) in [6.45, 7) is -0.225. The molecule has 31 heavy (non-hydrogen) atoms. The van der Waals surface area contributed by atoms with Crippen LogP contribution in [0.2, 0.25) is 0 Å². The Balaban J connectivity index is 1.60. The van der Waals surface area contributed by atoms with Gasteiger partial charge in [-0.15, -0.1) is 0 Å². The van der Waals surface area contributed by atoms with Gasteiger partial charge in [-0.1, -0.05) is 0 Å². The number of ether oxygens (including phenoxy) is 3. The van der Waals surface area contributed by atoms with Crippen LogP contribution in [0, 0.1) is 0 Å². The summed E-state index contributed by atoms with van der Waals surface area (Å²) in [6.07, 6.45) is -1.64. The van der Waals surface area contributed by atoms with E-state index in [0.717, 1.165) is 0 Å². The van der Waals surface area contributed by atoms with Crippen molar-refractivity contribution in [2.24, 2.45) is 0 Å². The molecule has 3 aromatic rings. The van der Waals surface area contributed by atoms with Crippen LogP contribution in [-0.2, 0) is 11.3 Å². The van der Waals surface area contributed by atoms with E-state index in [1.54, 1.807) is 6.07 Å². The fraction of sp³-hybridized carbons (Fsp3) is 0.421. The second-order valence-corrected chi connectivity index (χ2v) is 6.96. The number of aliphatic hydroxyl groups is 3. The number of nitrogens with zero attached hydrogens (tertiary/aromatic N) is 4. The fourth-order valence-corrected chi connectivity index (χ4v) is 3.51.